The lowest BCUT2D eigenvalue weighted by atomic mass is 9.76. The number of amides is 1. The fourth-order valence-corrected chi connectivity index (χ4v) is 6.84. The molecule has 2 saturated heterocycles. The van der Waals surface area contributed by atoms with Crippen LogP contribution in [0.25, 0.3) is 0 Å². The van der Waals surface area contributed by atoms with Crippen molar-refractivity contribution in [3.63, 3.8) is 0 Å². The number of nitrogens with zero attached hydrogens (tertiary/aromatic N) is 7. The van der Waals surface area contributed by atoms with Gasteiger partial charge in [0.05, 0.1) is 11.7 Å². The van der Waals surface area contributed by atoms with Crippen molar-refractivity contribution in [3.8, 4) is 11.6 Å². The lowest BCUT2D eigenvalue weighted by Crippen LogP contribution is -2.62. The molecule has 14 nitrogen and oxygen atoms in total. The van der Waals surface area contributed by atoms with Gasteiger partial charge in [-0.05, 0) is 70.8 Å². The second-order valence-corrected chi connectivity index (χ2v) is 13.8. The van der Waals surface area contributed by atoms with E-state index in [9.17, 15) is 23.9 Å². The number of carbonyl (C=O) groups excluding carboxylic acids is 1. The summed E-state index contributed by atoms with van der Waals surface area (Å²) >= 11 is 0. The van der Waals surface area contributed by atoms with E-state index in [4.69, 9.17) is 14.9 Å². The molecule has 282 valence electrons. The Hall–Kier alpha value is -4.21. The molecule has 3 N–H and O–H groups in total. The Labute approximate surface area is 299 Å². The highest BCUT2D eigenvalue weighted by atomic mass is 19.1. The van der Waals surface area contributed by atoms with E-state index in [1.807, 2.05) is 20.8 Å². The Bertz CT molecular complexity index is 1480. The number of carboxylic acids is 2. The maximum absolute atomic E-state index is 14.3. The predicted molar refractivity (Wildman–Crippen MR) is 190 cm³/mol. The van der Waals surface area contributed by atoms with Crippen LogP contribution in [0.4, 0.5) is 10.2 Å². The van der Waals surface area contributed by atoms with Crippen molar-refractivity contribution in [2.45, 2.75) is 79.5 Å². The number of benzene rings is 1. The van der Waals surface area contributed by atoms with Crippen LogP contribution in [-0.2, 0) is 9.59 Å². The van der Waals surface area contributed by atoms with Crippen molar-refractivity contribution in [2.75, 3.05) is 57.3 Å². The van der Waals surface area contributed by atoms with Gasteiger partial charge in [0.2, 0.25) is 0 Å². The first-order valence-electron chi connectivity index (χ1n) is 17.6. The summed E-state index contributed by atoms with van der Waals surface area (Å²) in [5, 5.41) is 34.7. The Kier molecular flexibility index (Phi) is 15.2. The van der Waals surface area contributed by atoms with Gasteiger partial charge in [-0.2, -0.15) is 0 Å². The van der Waals surface area contributed by atoms with Crippen molar-refractivity contribution in [1.82, 2.24) is 29.9 Å². The number of aromatic nitrogens is 3. The second kappa shape index (κ2) is 18.9. The van der Waals surface area contributed by atoms with Crippen molar-refractivity contribution < 1.29 is 38.8 Å². The molecule has 2 fully saturated rings. The highest BCUT2D eigenvalue weighted by molar-refractivity contribution is 5.97. The Morgan fingerprint density at radius 1 is 1.02 bits per heavy atom. The van der Waals surface area contributed by atoms with Gasteiger partial charge in [-0.1, -0.05) is 27.7 Å². The predicted octanol–water partition coefficient (Wildman–Crippen LogP) is 4.01. The van der Waals surface area contributed by atoms with E-state index in [0.717, 1.165) is 52.1 Å². The molecular formula is C36H54FN7O7. The zero-order valence-corrected chi connectivity index (χ0v) is 30.8. The summed E-state index contributed by atoms with van der Waals surface area (Å²) < 4.78 is 20.4. The second-order valence-electron chi connectivity index (χ2n) is 13.8. The van der Waals surface area contributed by atoms with Gasteiger partial charge in [0.1, 0.15) is 17.9 Å². The number of rotatable bonds is 16. The van der Waals surface area contributed by atoms with Crippen LogP contribution in [0.5, 0.6) is 11.6 Å². The summed E-state index contributed by atoms with van der Waals surface area (Å²) in [6.45, 7) is 21.1. The lowest BCUT2D eigenvalue weighted by molar-refractivity contribution is -0.134. The first-order valence-corrected chi connectivity index (χ1v) is 17.6. The summed E-state index contributed by atoms with van der Waals surface area (Å²) in [5.74, 6) is -1.89. The topological polar surface area (TPSA) is 173 Å². The van der Waals surface area contributed by atoms with Crippen molar-refractivity contribution in [2.24, 2.45) is 11.3 Å². The zero-order valence-electron chi connectivity index (χ0n) is 30.8. The largest absolute Gasteiger partial charge is 0.478 e. The first-order chi connectivity index (χ1) is 24.1. The fraction of sp³-hybridized carbons (Fsp3) is 0.611. The molecule has 1 aromatic carbocycles. The molecule has 0 unspecified atom stereocenters. The number of carboxylic acid groups (broad SMARTS) is 2. The van der Waals surface area contributed by atoms with Gasteiger partial charge < -0.3 is 34.8 Å². The summed E-state index contributed by atoms with van der Waals surface area (Å²) in [6.07, 6.45) is 3.96. The van der Waals surface area contributed by atoms with E-state index < -0.39 is 17.8 Å². The van der Waals surface area contributed by atoms with Crippen LogP contribution >= 0.6 is 0 Å². The molecule has 4 rings (SSSR count). The zero-order chi connectivity index (χ0) is 37.9. The number of likely N-dealkylation sites (tertiary alicyclic amines) is 1. The molecule has 0 bridgehead atoms. The molecule has 1 aromatic heterocycles. The monoisotopic (exact) mass is 715 g/mol. The molecule has 0 aliphatic carbocycles. The SMILES string of the molecule is CCN(CC)C[C@H](O)C[C@@H](C(C)C)N1CC2(CCN(c3ncnnc3Oc3ccc(F)cc3C(=O)N(CC)C(C)C)C2)C1.O=C(O)/C=C/C(=O)O. The number of carbonyl (C=O) groups is 3. The number of aliphatic hydroxyl groups excluding tert-OH is 1. The molecule has 3 heterocycles. The van der Waals surface area contributed by atoms with Crippen LogP contribution in [0.2, 0.25) is 0 Å². The lowest BCUT2D eigenvalue weighted by Gasteiger charge is -2.53. The van der Waals surface area contributed by atoms with Crippen LogP contribution in [-0.4, -0.2) is 134 Å². The minimum Gasteiger partial charge on any atom is -0.478 e. The highest BCUT2D eigenvalue weighted by Crippen LogP contribution is 2.44. The number of halogens is 1. The Morgan fingerprint density at radius 2 is 1.67 bits per heavy atom. The summed E-state index contributed by atoms with van der Waals surface area (Å²) in [4.78, 5) is 45.6. The van der Waals surface area contributed by atoms with Gasteiger partial charge in [-0.3, -0.25) is 9.69 Å². The Morgan fingerprint density at radius 3 is 2.22 bits per heavy atom. The third kappa shape index (κ3) is 11.4. The smallest absolute Gasteiger partial charge is 0.328 e. The van der Waals surface area contributed by atoms with Crippen LogP contribution < -0.4 is 9.64 Å². The van der Waals surface area contributed by atoms with Crippen LogP contribution in [0.15, 0.2) is 36.7 Å². The normalized spacial score (nSPS) is 16.7. The average molecular weight is 716 g/mol. The van der Waals surface area contributed by atoms with Crippen LogP contribution in [0.1, 0.15) is 71.7 Å². The standard InChI is InChI=1S/C32H50FN7O3.C4H4O4/c1-8-37(9-2)17-25(41)16-27(22(4)5)39-19-32(20-39)13-14-38(18-32)29-30(36-35-21-34-29)43-28-12-11-24(33)15-26(28)31(42)40(10-3)23(6)7;5-3(6)1-2-4(7)8/h11-12,15,21-23,25,27,41H,8-10,13-14,16-20H2,1-7H3;1-2H,(H,5,6)(H,7,8)/b;2-1+/t25-,27+;/m1./s1. The molecule has 2 aromatic rings. The summed E-state index contributed by atoms with van der Waals surface area (Å²) in [5.41, 5.74) is 0.275. The number of hydrogen-bond donors (Lipinski definition) is 3. The van der Waals surface area contributed by atoms with Crippen molar-refractivity contribution >= 4 is 23.7 Å². The van der Waals surface area contributed by atoms with Gasteiger partial charge in [-0.15, -0.1) is 10.2 Å². The molecule has 0 saturated carbocycles. The summed E-state index contributed by atoms with van der Waals surface area (Å²) in [6, 6.07) is 4.23. The van der Waals surface area contributed by atoms with Gasteiger partial charge in [0.15, 0.2) is 5.82 Å². The molecule has 0 radical (unpaired) electrons. The van der Waals surface area contributed by atoms with E-state index in [0.29, 0.717) is 43.0 Å². The van der Waals surface area contributed by atoms with E-state index in [1.165, 1.54) is 24.5 Å². The first kappa shape index (κ1) is 41.2. The molecule has 51 heavy (non-hydrogen) atoms. The minimum absolute atomic E-state index is 0.0499. The fourth-order valence-electron chi connectivity index (χ4n) is 6.84. The maximum atomic E-state index is 14.3. The van der Waals surface area contributed by atoms with Crippen molar-refractivity contribution in [1.29, 1.82) is 0 Å². The summed E-state index contributed by atoms with van der Waals surface area (Å²) in [7, 11) is 0. The number of aliphatic carboxylic acids is 2. The van der Waals surface area contributed by atoms with Gasteiger partial charge >= 0.3 is 11.9 Å². The van der Waals surface area contributed by atoms with E-state index in [1.54, 1.807) is 4.90 Å². The van der Waals surface area contributed by atoms with Gasteiger partial charge in [0.25, 0.3) is 11.8 Å². The van der Waals surface area contributed by atoms with Gasteiger partial charge in [0, 0.05) is 68.9 Å². The third-order valence-electron chi connectivity index (χ3n) is 9.47. The molecule has 15 heteroatoms. The number of anilines is 1. The number of likely N-dealkylation sites (N-methyl/N-ethyl adjacent to an activating group) is 1. The average Bonchev–Trinajstić information content (AvgIpc) is 3.51. The number of hydrogen-bond acceptors (Lipinski definition) is 11. The molecule has 2 aliphatic rings. The van der Waals surface area contributed by atoms with Gasteiger partial charge in [-0.25, -0.2) is 19.0 Å². The third-order valence-corrected chi connectivity index (χ3v) is 9.47. The molecular weight excluding hydrogens is 661 g/mol. The minimum atomic E-state index is -1.26. The Balaban J connectivity index is 0.000000783. The number of ether oxygens (including phenoxy) is 1. The quantitative estimate of drug-likeness (QED) is 0.213. The molecule has 1 spiro atoms. The van der Waals surface area contributed by atoms with E-state index >= 15 is 0 Å². The maximum Gasteiger partial charge on any atom is 0.328 e. The highest BCUT2D eigenvalue weighted by Gasteiger charge is 2.50. The number of aliphatic hydroxyl groups is 1. The van der Waals surface area contributed by atoms with Crippen LogP contribution in [0.3, 0.4) is 0 Å². The molecule has 2 aliphatic heterocycles. The molecule has 2 atom stereocenters. The van der Waals surface area contributed by atoms with Crippen molar-refractivity contribution in [3.05, 3.63) is 48.1 Å². The van der Waals surface area contributed by atoms with Crippen LogP contribution in [0, 0.1) is 17.2 Å². The van der Waals surface area contributed by atoms with E-state index in [2.05, 4.69) is 57.6 Å². The van der Waals surface area contributed by atoms with E-state index in [-0.39, 0.29) is 40.7 Å². The molecule has 1 amide bonds.